The van der Waals surface area contributed by atoms with E-state index in [1.165, 1.54) is 25.7 Å². The molecular formula is C12H17N3O2. The van der Waals surface area contributed by atoms with Crippen LogP contribution in [-0.4, -0.2) is 34.9 Å². The Kier molecular flexibility index (Phi) is 2.84. The van der Waals surface area contributed by atoms with Crippen LogP contribution < -0.4 is 5.32 Å². The summed E-state index contributed by atoms with van der Waals surface area (Å²) in [5, 5.41) is 7.18. The number of ether oxygens (including phenoxy) is 1. The van der Waals surface area contributed by atoms with E-state index in [9.17, 15) is 4.79 Å². The minimum atomic E-state index is -0.0998. The minimum Gasteiger partial charge on any atom is -0.371 e. The standard InChI is InChI=1S/C12H17N3O2/c16-12(13-7-10-8-17-10)11-5-6-15(14-11)9-3-1-2-4-9/h5-6,9-10H,1-4,7-8H2,(H,13,16). The molecule has 2 heterocycles. The van der Waals surface area contributed by atoms with Gasteiger partial charge in [0.15, 0.2) is 0 Å². The molecule has 0 bridgehead atoms. The van der Waals surface area contributed by atoms with Crippen LogP contribution in [0.2, 0.25) is 0 Å². The number of carbonyl (C=O) groups excluding carboxylic acids is 1. The van der Waals surface area contributed by atoms with E-state index in [0.29, 0.717) is 18.3 Å². The monoisotopic (exact) mass is 235 g/mol. The van der Waals surface area contributed by atoms with Gasteiger partial charge in [0.2, 0.25) is 0 Å². The second-order valence-electron chi connectivity index (χ2n) is 4.78. The summed E-state index contributed by atoms with van der Waals surface area (Å²) >= 11 is 0. The maximum Gasteiger partial charge on any atom is 0.271 e. The van der Waals surface area contributed by atoms with Gasteiger partial charge in [0.1, 0.15) is 5.69 Å². The molecule has 1 N–H and O–H groups in total. The Bertz CT molecular complexity index is 406. The normalized spacial score (nSPS) is 23.9. The quantitative estimate of drug-likeness (QED) is 0.796. The Labute approximate surface area is 100 Å². The molecule has 92 valence electrons. The second kappa shape index (κ2) is 4.49. The molecule has 1 saturated heterocycles. The maximum absolute atomic E-state index is 11.8. The molecule has 3 rings (SSSR count). The molecule has 0 spiro atoms. The zero-order valence-electron chi connectivity index (χ0n) is 9.76. The van der Waals surface area contributed by atoms with E-state index in [0.717, 1.165) is 6.61 Å². The van der Waals surface area contributed by atoms with Crippen LogP contribution in [0.3, 0.4) is 0 Å². The second-order valence-corrected chi connectivity index (χ2v) is 4.78. The number of nitrogens with one attached hydrogen (secondary N) is 1. The first kappa shape index (κ1) is 10.8. The largest absolute Gasteiger partial charge is 0.371 e. The number of amides is 1. The topological polar surface area (TPSA) is 59.5 Å². The van der Waals surface area contributed by atoms with Gasteiger partial charge in [-0.1, -0.05) is 12.8 Å². The summed E-state index contributed by atoms with van der Waals surface area (Å²) in [6.07, 6.45) is 7.03. The van der Waals surface area contributed by atoms with E-state index >= 15 is 0 Å². The molecule has 1 aliphatic heterocycles. The number of nitrogens with zero attached hydrogens (tertiary/aromatic N) is 2. The predicted octanol–water partition coefficient (Wildman–Crippen LogP) is 1.13. The van der Waals surface area contributed by atoms with Crippen LogP contribution >= 0.6 is 0 Å². The fraction of sp³-hybridized carbons (Fsp3) is 0.667. The van der Waals surface area contributed by atoms with Crippen molar-refractivity contribution < 1.29 is 9.53 Å². The molecule has 1 aliphatic carbocycles. The number of aromatic nitrogens is 2. The summed E-state index contributed by atoms with van der Waals surface area (Å²) < 4.78 is 6.98. The molecule has 2 aliphatic rings. The van der Waals surface area contributed by atoms with Crippen molar-refractivity contribution >= 4 is 5.91 Å². The number of carbonyl (C=O) groups is 1. The highest BCUT2D eigenvalue weighted by Gasteiger charge is 2.24. The lowest BCUT2D eigenvalue weighted by Gasteiger charge is -2.08. The summed E-state index contributed by atoms with van der Waals surface area (Å²) in [7, 11) is 0. The molecule has 17 heavy (non-hydrogen) atoms. The number of rotatable bonds is 4. The highest BCUT2D eigenvalue weighted by Crippen LogP contribution is 2.28. The van der Waals surface area contributed by atoms with Gasteiger partial charge in [-0.25, -0.2) is 0 Å². The molecule has 5 nitrogen and oxygen atoms in total. The number of hydrogen-bond donors (Lipinski definition) is 1. The van der Waals surface area contributed by atoms with Crippen molar-refractivity contribution in [2.45, 2.75) is 37.8 Å². The first-order valence-corrected chi connectivity index (χ1v) is 6.28. The Morgan fingerprint density at radius 3 is 3.00 bits per heavy atom. The fourth-order valence-corrected chi connectivity index (χ4v) is 2.31. The number of hydrogen-bond acceptors (Lipinski definition) is 3. The van der Waals surface area contributed by atoms with Gasteiger partial charge in [-0.05, 0) is 18.9 Å². The third kappa shape index (κ3) is 2.49. The predicted molar refractivity (Wildman–Crippen MR) is 61.8 cm³/mol. The highest BCUT2D eigenvalue weighted by molar-refractivity contribution is 5.92. The van der Waals surface area contributed by atoms with E-state index in [4.69, 9.17) is 4.74 Å². The highest BCUT2D eigenvalue weighted by atomic mass is 16.6. The molecule has 1 amide bonds. The van der Waals surface area contributed by atoms with Gasteiger partial charge in [-0.3, -0.25) is 9.48 Å². The van der Waals surface area contributed by atoms with Gasteiger partial charge in [-0.2, -0.15) is 5.10 Å². The molecular weight excluding hydrogens is 218 g/mol. The molecule has 1 saturated carbocycles. The van der Waals surface area contributed by atoms with E-state index in [-0.39, 0.29) is 12.0 Å². The minimum absolute atomic E-state index is 0.0998. The Balaban J connectivity index is 1.60. The third-order valence-corrected chi connectivity index (χ3v) is 3.43. The van der Waals surface area contributed by atoms with Crippen LogP contribution in [-0.2, 0) is 4.74 Å². The van der Waals surface area contributed by atoms with Gasteiger partial charge in [0, 0.05) is 12.7 Å². The Morgan fingerprint density at radius 1 is 1.53 bits per heavy atom. The third-order valence-electron chi connectivity index (χ3n) is 3.43. The van der Waals surface area contributed by atoms with Crippen molar-refractivity contribution in [2.75, 3.05) is 13.2 Å². The SMILES string of the molecule is O=C(NCC1CO1)c1ccn(C2CCCC2)n1. The van der Waals surface area contributed by atoms with Crippen LogP contribution in [0.1, 0.15) is 42.2 Å². The lowest BCUT2D eigenvalue weighted by molar-refractivity contribution is 0.0944. The average Bonchev–Trinajstić information content (AvgIpc) is 2.85. The van der Waals surface area contributed by atoms with Crippen molar-refractivity contribution in [3.05, 3.63) is 18.0 Å². The molecule has 5 heteroatoms. The van der Waals surface area contributed by atoms with E-state index in [1.54, 1.807) is 6.07 Å². The van der Waals surface area contributed by atoms with Crippen molar-refractivity contribution in [3.8, 4) is 0 Å². The molecule has 1 atom stereocenters. The average molecular weight is 235 g/mol. The lowest BCUT2D eigenvalue weighted by Crippen LogP contribution is -2.28. The summed E-state index contributed by atoms with van der Waals surface area (Å²) in [5.74, 6) is -0.0998. The Hall–Kier alpha value is -1.36. The molecule has 0 radical (unpaired) electrons. The van der Waals surface area contributed by atoms with E-state index in [1.807, 2.05) is 10.9 Å². The van der Waals surface area contributed by atoms with Crippen LogP contribution in [0.15, 0.2) is 12.3 Å². The van der Waals surface area contributed by atoms with Gasteiger partial charge in [-0.15, -0.1) is 0 Å². The molecule has 2 fully saturated rings. The van der Waals surface area contributed by atoms with Crippen molar-refractivity contribution in [3.63, 3.8) is 0 Å². The zero-order valence-corrected chi connectivity index (χ0v) is 9.76. The first-order valence-electron chi connectivity index (χ1n) is 6.28. The zero-order chi connectivity index (χ0) is 11.7. The smallest absolute Gasteiger partial charge is 0.271 e. The van der Waals surface area contributed by atoms with Gasteiger partial charge >= 0.3 is 0 Å². The summed E-state index contributed by atoms with van der Waals surface area (Å²) in [5.41, 5.74) is 0.512. The number of epoxide rings is 1. The van der Waals surface area contributed by atoms with Crippen molar-refractivity contribution in [1.29, 1.82) is 0 Å². The summed E-state index contributed by atoms with van der Waals surface area (Å²) in [6.45, 7) is 1.35. The van der Waals surface area contributed by atoms with Crippen LogP contribution in [0.5, 0.6) is 0 Å². The molecule has 1 unspecified atom stereocenters. The lowest BCUT2D eigenvalue weighted by atomic mass is 10.3. The van der Waals surface area contributed by atoms with Crippen LogP contribution in [0, 0.1) is 0 Å². The molecule has 1 aromatic rings. The Morgan fingerprint density at radius 2 is 2.29 bits per heavy atom. The van der Waals surface area contributed by atoms with E-state index < -0.39 is 0 Å². The van der Waals surface area contributed by atoms with Gasteiger partial charge in [0.05, 0.1) is 18.8 Å². The molecule has 1 aromatic heterocycles. The summed E-state index contributed by atoms with van der Waals surface area (Å²) in [6, 6.07) is 2.28. The van der Waals surface area contributed by atoms with E-state index in [2.05, 4.69) is 10.4 Å². The van der Waals surface area contributed by atoms with Crippen molar-refractivity contribution in [2.24, 2.45) is 0 Å². The maximum atomic E-state index is 11.8. The van der Waals surface area contributed by atoms with Crippen molar-refractivity contribution in [1.82, 2.24) is 15.1 Å². The van der Waals surface area contributed by atoms with Crippen LogP contribution in [0.25, 0.3) is 0 Å². The fourth-order valence-electron chi connectivity index (χ4n) is 2.31. The van der Waals surface area contributed by atoms with Gasteiger partial charge in [0.25, 0.3) is 5.91 Å². The molecule has 0 aromatic carbocycles. The van der Waals surface area contributed by atoms with Gasteiger partial charge < -0.3 is 10.1 Å². The summed E-state index contributed by atoms with van der Waals surface area (Å²) in [4.78, 5) is 11.8. The van der Waals surface area contributed by atoms with Crippen LogP contribution in [0.4, 0.5) is 0 Å². The first-order chi connectivity index (χ1) is 8.33.